The van der Waals surface area contributed by atoms with E-state index in [4.69, 9.17) is 4.74 Å². The smallest absolute Gasteiger partial charge is 0.407 e. The summed E-state index contributed by atoms with van der Waals surface area (Å²) >= 11 is 2.06. The van der Waals surface area contributed by atoms with Crippen LogP contribution in [-0.4, -0.2) is 66.8 Å². The van der Waals surface area contributed by atoms with Crippen LogP contribution in [0.4, 0.5) is 4.79 Å². The molecule has 6 nitrogen and oxygen atoms in total. The number of nitrogens with one attached hydrogen (secondary N) is 2. The number of carbonyl (C=O) groups is 1. The highest BCUT2D eigenvalue weighted by molar-refractivity contribution is 14.0. The summed E-state index contributed by atoms with van der Waals surface area (Å²) in [6, 6.07) is 0. The molecule has 1 atom stereocenters. The predicted octanol–water partition coefficient (Wildman–Crippen LogP) is 3.17. The number of hydrogen-bond acceptors (Lipinski definition) is 4. The third-order valence-corrected chi connectivity index (χ3v) is 5.19. The van der Waals surface area contributed by atoms with Gasteiger partial charge in [0.25, 0.3) is 0 Å². The first-order valence-electron chi connectivity index (χ1n) is 8.77. The van der Waals surface area contributed by atoms with Crippen LogP contribution in [0.25, 0.3) is 0 Å². The van der Waals surface area contributed by atoms with Crippen molar-refractivity contribution in [3.05, 3.63) is 0 Å². The van der Waals surface area contributed by atoms with Crippen LogP contribution >= 0.6 is 35.7 Å². The van der Waals surface area contributed by atoms with Gasteiger partial charge in [-0.05, 0) is 33.1 Å². The molecule has 1 aliphatic rings. The van der Waals surface area contributed by atoms with Crippen LogP contribution in [0.2, 0.25) is 0 Å². The molecule has 1 heterocycles. The third kappa shape index (κ3) is 10.4. The number of alkyl carbamates (subject to hydrolysis) is 1. The summed E-state index contributed by atoms with van der Waals surface area (Å²) in [5.74, 6) is 2.77. The van der Waals surface area contributed by atoms with Crippen molar-refractivity contribution in [3.63, 3.8) is 0 Å². The average molecular weight is 486 g/mol. The largest absolute Gasteiger partial charge is 0.444 e. The summed E-state index contributed by atoms with van der Waals surface area (Å²) in [6.07, 6.45) is 0.466. The van der Waals surface area contributed by atoms with Crippen molar-refractivity contribution in [1.82, 2.24) is 15.5 Å². The van der Waals surface area contributed by atoms with Gasteiger partial charge in [-0.25, -0.2) is 4.79 Å². The zero-order valence-corrected chi connectivity index (χ0v) is 19.6. The summed E-state index contributed by atoms with van der Waals surface area (Å²) in [4.78, 5) is 18.3. The van der Waals surface area contributed by atoms with E-state index in [9.17, 15) is 4.79 Å². The lowest BCUT2D eigenvalue weighted by Gasteiger charge is -2.36. The van der Waals surface area contributed by atoms with Gasteiger partial charge in [0.1, 0.15) is 5.60 Å². The number of thioether (sulfide) groups is 1. The molecule has 1 saturated heterocycles. The molecule has 1 unspecified atom stereocenters. The van der Waals surface area contributed by atoms with Gasteiger partial charge in [-0.3, -0.25) is 4.99 Å². The topological polar surface area (TPSA) is 66.0 Å². The molecule has 1 amide bonds. The monoisotopic (exact) mass is 486 g/mol. The van der Waals surface area contributed by atoms with Crippen molar-refractivity contribution in [1.29, 1.82) is 0 Å². The maximum Gasteiger partial charge on any atom is 0.407 e. The molecule has 1 fully saturated rings. The second kappa shape index (κ2) is 12.1. The zero-order valence-electron chi connectivity index (χ0n) is 16.4. The number of amides is 1. The van der Waals surface area contributed by atoms with Gasteiger partial charge in [0.2, 0.25) is 0 Å². The Balaban J connectivity index is 0.00000576. The zero-order chi connectivity index (χ0) is 18.2. The molecule has 0 aromatic carbocycles. The Morgan fingerprint density at radius 3 is 2.52 bits per heavy atom. The van der Waals surface area contributed by atoms with Crippen LogP contribution in [0.15, 0.2) is 4.99 Å². The highest BCUT2D eigenvalue weighted by Gasteiger charge is 2.24. The Labute approximate surface area is 174 Å². The average Bonchev–Trinajstić information content (AvgIpc) is 2.49. The van der Waals surface area contributed by atoms with Crippen LogP contribution in [-0.2, 0) is 4.74 Å². The molecule has 2 N–H and O–H groups in total. The normalized spacial score (nSPS) is 18.6. The molecule has 25 heavy (non-hydrogen) atoms. The van der Waals surface area contributed by atoms with E-state index in [0.717, 1.165) is 37.8 Å². The van der Waals surface area contributed by atoms with E-state index >= 15 is 0 Å². The maximum atomic E-state index is 11.6. The van der Waals surface area contributed by atoms with Crippen LogP contribution in [0, 0.1) is 5.92 Å². The Kier molecular flexibility index (Phi) is 11.9. The van der Waals surface area contributed by atoms with Crippen LogP contribution in [0.1, 0.15) is 41.0 Å². The molecule has 0 radical (unpaired) electrons. The van der Waals surface area contributed by atoms with Gasteiger partial charge in [-0.15, -0.1) is 24.0 Å². The minimum atomic E-state index is -0.455. The van der Waals surface area contributed by atoms with Crippen molar-refractivity contribution < 1.29 is 9.53 Å². The molecule has 1 aliphatic heterocycles. The van der Waals surface area contributed by atoms with Gasteiger partial charge in [0.05, 0.1) is 0 Å². The Morgan fingerprint density at radius 2 is 1.96 bits per heavy atom. The van der Waals surface area contributed by atoms with Crippen LogP contribution in [0.5, 0.6) is 0 Å². The van der Waals surface area contributed by atoms with Crippen molar-refractivity contribution in [3.8, 4) is 0 Å². The van der Waals surface area contributed by atoms with Crippen molar-refractivity contribution >= 4 is 47.8 Å². The van der Waals surface area contributed by atoms with E-state index in [1.165, 1.54) is 0 Å². The highest BCUT2D eigenvalue weighted by atomic mass is 127. The second-order valence-electron chi connectivity index (χ2n) is 7.36. The fourth-order valence-corrected chi connectivity index (χ4v) is 3.70. The first kappa shape index (κ1) is 24.6. The van der Waals surface area contributed by atoms with Crippen LogP contribution < -0.4 is 10.6 Å². The van der Waals surface area contributed by atoms with Gasteiger partial charge in [0.15, 0.2) is 5.96 Å². The lowest BCUT2D eigenvalue weighted by atomic mass is 10.1. The standard InChI is InChI=1S/C17H34N4O2S.HI/c1-13(2)14-12-21(10-11-24-14)15(18-6)19-8-7-9-20-16(22)23-17(3,4)5;/h13-14H,7-12H2,1-6H3,(H,18,19)(H,20,22);1H. The van der Waals surface area contributed by atoms with E-state index < -0.39 is 5.60 Å². The van der Waals surface area contributed by atoms with Crippen molar-refractivity contribution in [2.45, 2.75) is 51.9 Å². The predicted molar refractivity (Wildman–Crippen MR) is 118 cm³/mol. The fraction of sp³-hybridized carbons (Fsp3) is 0.882. The number of guanidine groups is 1. The number of halogens is 1. The molecule has 148 valence electrons. The second-order valence-corrected chi connectivity index (χ2v) is 8.70. The van der Waals surface area contributed by atoms with Gasteiger partial charge < -0.3 is 20.3 Å². The fourth-order valence-electron chi connectivity index (χ4n) is 2.40. The quantitative estimate of drug-likeness (QED) is 0.271. The first-order valence-corrected chi connectivity index (χ1v) is 9.82. The summed E-state index contributed by atoms with van der Waals surface area (Å²) in [7, 11) is 1.83. The number of rotatable bonds is 5. The first-order chi connectivity index (χ1) is 11.2. The molecule has 0 saturated carbocycles. The molecule has 0 spiro atoms. The summed E-state index contributed by atoms with van der Waals surface area (Å²) in [6.45, 7) is 13.6. The highest BCUT2D eigenvalue weighted by Crippen LogP contribution is 2.24. The Bertz CT molecular complexity index is 427. The number of ether oxygens (including phenoxy) is 1. The van der Waals surface area contributed by atoms with Crippen molar-refractivity contribution in [2.24, 2.45) is 10.9 Å². The molecule has 0 aromatic rings. The van der Waals surface area contributed by atoms with E-state index in [-0.39, 0.29) is 30.1 Å². The number of carbonyl (C=O) groups excluding carboxylic acids is 1. The molecule has 1 rings (SSSR count). The number of nitrogens with zero attached hydrogens (tertiary/aromatic N) is 2. The van der Waals surface area contributed by atoms with Gasteiger partial charge in [-0.2, -0.15) is 11.8 Å². The Morgan fingerprint density at radius 1 is 1.32 bits per heavy atom. The Hall–Kier alpha value is -0.380. The van der Waals surface area contributed by atoms with Crippen molar-refractivity contribution in [2.75, 3.05) is 39.0 Å². The molecule has 0 bridgehead atoms. The van der Waals surface area contributed by atoms with Gasteiger partial charge >= 0.3 is 6.09 Å². The molecule has 0 aliphatic carbocycles. The third-order valence-electron chi connectivity index (χ3n) is 3.65. The molecule has 8 heteroatoms. The molecular formula is C17H35IN4O2S. The SMILES string of the molecule is CN=C(NCCCNC(=O)OC(C)(C)C)N1CCSC(C(C)C)C1.I. The summed E-state index contributed by atoms with van der Waals surface area (Å²) in [5.41, 5.74) is -0.455. The minimum Gasteiger partial charge on any atom is -0.444 e. The molecule has 0 aromatic heterocycles. The summed E-state index contributed by atoms with van der Waals surface area (Å²) in [5, 5.41) is 6.83. The summed E-state index contributed by atoms with van der Waals surface area (Å²) < 4.78 is 5.21. The van der Waals surface area contributed by atoms with Crippen LogP contribution in [0.3, 0.4) is 0 Å². The minimum absolute atomic E-state index is 0. The number of hydrogen-bond donors (Lipinski definition) is 2. The molecular weight excluding hydrogens is 451 g/mol. The van der Waals surface area contributed by atoms with E-state index in [2.05, 4.69) is 46.1 Å². The lowest BCUT2D eigenvalue weighted by molar-refractivity contribution is 0.0527. The van der Waals surface area contributed by atoms with Gasteiger partial charge in [-0.1, -0.05) is 13.8 Å². The maximum absolute atomic E-state index is 11.6. The number of aliphatic imine (C=N–C) groups is 1. The van der Waals surface area contributed by atoms with E-state index in [1.807, 2.05) is 27.8 Å². The van der Waals surface area contributed by atoms with E-state index in [1.54, 1.807) is 0 Å². The van der Waals surface area contributed by atoms with E-state index in [0.29, 0.717) is 17.7 Å². The lowest BCUT2D eigenvalue weighted by Crippen LogP contribution is -2.49. The van der Waals surface area contributed by atoms with Gasteiger partial charge in [0, 0.05) is 44.2 Å².